The van der Waals surface area contributed by atoms with Gasteiger partial charge in [0.1, 0.15) is 18.8 Å². The van der Waals surface area contributed by atoms with Crippen LogP contribution in [0.1, 0.15) is 239 Å². The van der Waals surface area contributed by atoms with E-state index in [1.807, 2.05) is 0 Å². The Bertz CT molecular complexity index is 1870. The van der Waals surface area contributed by atoms with Crippen molar-refractivity contribution in [2.75, 3.05) is 13.2 Å². The van der Waals surface area contributed by atoms with E-state index in [2.05, 4.69) is 142 Å². The molecule has 6 atom stereocenters. The number of ether oxygens (including phenoxy) is 5. The second-order valence-electron chi connectivity index (χ2n) is 20.9. The van der Waals surface area contributed by atoms with Crippen molar-refractivity contribution < 1.29 is 58.2 Å². The quantitative estimate of drug-likeness (QED) is 0.0228. The number of hydrogen-bond acceptors (Lipinski definition) is 11. The Morgan fingerprint density at radius 3 is 1.19 bits per heavy atom. The predicted molar refractivity (Wildman–Crippen MR) is 330 cm³/mol. The summed E-state index contributed by atoms with van der Waals surface area (Å²) in [4.78, 5) is 51.3. The molecule has 12 nitrogen and oxygen atoms in total. The highest BCUT2D eigenvalue weighted by Crippen LogP contribution is 2.26. The van der Waals surface area contributed by atoms with Crippen LogP contribution in [-0.2, 0) is 42.9 Å². The lowest BCUT2D eigenvalue weighted by Crippen LogP contribution is -2.61. The van der Waals surface area contributed by atoms with E-state index in [1.165, 1.54) is 19.3 Å². The maximum Gasteiger partial charge on any atom is 0.335 e. The number of carbonyl (C=O) groups excluding carboxylic acids is 3. The van der Waals surface area contributed by atoms with E-state index in [4.69, 9.17) is 23.7 Å². The summed E-state index contributed by atoms with van der Waals surface area (Å²) in [5.74, 6) is -3.20. The first-order valence-electron chi connectivity index (χ1n) is 31.5. The van der Waals surface area contributed by atoms with Crippen LogP contribution in [0.4, 0.5) is 0 Å². The van der Waals surface area contributed by atoms with Gasteiger partial charge in [0, 0.05) is 19.3 Å². The van der Waals surface area contributed by atoms with Crippen molar-refractivity contribution in [3.63, 3.8) is 0 Å². The van der Waals surface area contributed by atoms with E-state index in [-0.39, 0.29) is 25.9 Å². The molecule has 0 aromatic carbocycles. The molecule has 0 aromatic rings. The molecule has 1 fully saturated rings. The van der Waals surface area contributed by atoms with Gasteiger partial charge in [0.05, 0.1) is 6.61 Å². The minimum atomic E-state index is -1.92. The van der Waals surface area contributed by atoms with Crippen LogP contribution in [0.5, 0.6) is 0 Å². The summed E-state index contributed by atoms with van der Waals surface area (Å²) in [7, 11) is 0. The lowest BCUT2D eigenvalue weighted by molar-refractivity contribution is -0.301. The Labute approximate surface area is 490 Å². The van der Waals surface area contributed by atoms with E-state index >= 15 is 0 Å². The van der Waals surface area contributed by atoms with Crippen molar-refractivity contribution in [1.29, 1.82) is 0 Å². The van der Waals surface area contributed by atoms with Crippen molar-refractivity contribution >= 4 is 23.9 Å². The van der Waals surface area contributed by atoms with Crippen molar-refractivity contribution in [3.8, 4) is 0 Å². The topological polar surface area (TPSA) is 175 Å². The van der Waals surface area contributed by atoms with Crippen LogP contribution in [0.25, 0.3) is 0 Å². The maximum absolute atomic E-state index is 13.2. The number of aliphatic carboxylic acids is 1. The van der Waals surface area contributed by atoms with Crippen LogP contribution >= 0.6 is 0 Å². The summed E-state index contributed by atoms with van der Waals surface area (Å²) in [6, 6.07) is 0. The molecule has 6 unspecified atom stereocenters. The molecule has 81 heavy (non-hydrogen) atoms. The van der Waals surface area contributed by atoms with E-state index in [9.17, 15) is 34.5 Å². The van der Waals surface area contributed by atoms with Crippen LogP contribution in [-0.4, -0.2) is 89.2 Å². The smallest absolute Gasteiger partial charge is 0.335 e. The molecule has 0 aliphatic carbocycles. The highest BCUT2D eigenvalue weighted by Gasteiger charge is 2.50. The summed E-state index contributed by atoms with van der Waals surface area (Å²) in [5.41, 5.74) is 0. The van der Waals surface area contributed by atoms with Crippen LogP contribution < -0.4 is 0 Å². The van der Waals surface area contributed by atoms with Crippen molar-refractivity contribution in [2.24, 2.45) is 0 Å². The number of aliphatic hydroxyl groups is 2. The highest BCUT2D eigenvalue weighted by atomic mass is 16.7. The normalized spacial score (nSPS) is 18.6. The van der Waals surface area contributed by atoms with E-state index in [0.717, 1.165) is 161 Å². The van der Waals surface area contributed by atoms with E-state index in [1.54, 1.807) is 0 Å². The zero-order valence-corrected chi connectivity index (χ0v) is 50.5. The van der Waals surface area contributed by atoms with Crippen LogP contribution in [0.15, 0.2) is 122 Å². The van der Waals surface area contributed by atoms with Crippen molar-refractivity contribution in [1.82, 2.24) is 0 Å². The van der Waals surface area contributed by atoms with Gasteiger partial charge in [-0.3, -0.25) is 14.4 Å². The number of aliphatic hydroxyl groups excluding tert-OH is 2. The third-order valence-electron chi connectivity index (χ3n) is 13.5. The largest absolute Gasteiger partial charge is 0.479 e. The van der Waals surface area contributed by atoms with Crippen LogP contribution in [0, 0.1) is 0 Å². The third-order valence-corrected chi connectivity index (χ3v) is 13.5. The van der Waals surface area contributed by atoms with Gasteiger partial charge < -0.3 is 39.0 Å². The molecule has 3 N–H and O–H groups in total. The zero-order valence-electron chi connectivity index (χ0n) is 50.5. The van der Waals surface area contributed by atoms with Gasteiger partial charge in [-0.15, -0.1) is 0 Å². The summed E-state index contributed by atoms with van der Waals surface area (Å²) in [6.45, 7) is 5.70. The third kappa shape index (κ3) is 45.3. The van der Waals surface area contributed by atoms with Crippen LogP contribution in [0.3, 0.4) is 0 Å². The highest BCUT2D eigenvalue weighted by molar-refractivity contribution is 5.74. The van der Waals surface area contributed by atoms with Gasteiger partial charge in [0.15, 0.2) is 24.6 Å². The lowest BCUT2D eigenvalue weighted by Gasteiger charge is -2.40. The maximum atomic E-state index is 13.2. The SMILES string of the molecule is CC/C=C\C/C=C\C/C=C\C/C=C\CCCCCCCCC(=O)OCC(COC1OC(C(=O)O)C(O)C(O)C1OC(=O)CCCCCCC/C=C\C/C=C\CCCCC)OC(=O)CCCCCC/C=C\C/C=C\C/C=C\C/C=C\CC. The molecule has 1 aliphatic rings. The molecular weight excluding hydrogens is 1020 g/mol. The predicted octanol–water partition coefficient (Wildman–Crippen LogP) is 16.8. The van der Waals surface area contributed by atoms with Gasteiger partial charge in [-0.05, 0) is 128 Å². The van der Waals surface area contributed by atoms with Crippen LogP contribution in [0.2, 0.25) is 0 Å². The number of rotatable bonds is 52. The molecule has 0 radical (unpaired) electrons. The fourth-order valence-corrected chi connectivity index (χ4v) is 8.73. The lowest BCUT2D eigenvalue weighted by atomic mass is 9.98. The van der Waals surface area contributed by atoms with Gasteiger partial charge in [-0.2, -0.15) is 0 Å². The molecule has 1 rings (SSSR count). The molecular formula is C69H110O12. The summed E-state index contributed by atoms with van der Waals surface area (Å²) >= 11 is 0. The Morgan fingerprint density at radius 1 is 0.420 bits per heavy atom. The fraction of sp³-hybridized carbons (Fsp3) is 0.652. The fourth-order valence-electron chi connectivity index (χ4n) is 8.73. The summed E-state index contributed by atoms with van der Waals surface area (Å²) in [5, 5.41) is 31.6. The minimum absolute atomic E-state index is 0.0339. The first-order valence-corrected chi connectivity index (χ1v) is 31.5. The Balaban J connectivity index is 2.72. The molecule has 1 saturated heterocycles. The number of unbranched alkanes of at least 4 members (excludes halogenated alkanes) is 18. The first kappa shape index (κ1) is 74.1. The average Bonchev–Trinajstić information content (AvgIpc) is 3.53. The molecule has 1 heterocycles. The Kier molecular flexibility index (Phi) is 50.9. The zero-order chi connectivity index (χ0) is 58.9. The van der Waals surface area contributed by atoms with Gasteiger partial charge in [-0.25, -0.2) is 4.79 Å². The molecule has 0 aromatic heterocycles. The second kappa shape index (κ2) is 55.6. The molecule has 458 valence electrons. The summed E-state index contributed by atoms with van der Waals surface area (Å²) < 4.78 is 28.5. The minimum Gasteiger partial charge on any atom is -0.479 e. The monoisotopic (exact) mass is 1130 g/mol. The molecule has 1 aliphatic heterocycles. The number of carboxylic acids is 1. The summed E-state index contributed by atoms with van der Waals surface area (Å²) in [6.07, 6.45) is 64.4. The van der Waals surface area contributed by atoms with Gasteiger partial charge in [0.25, 0.3) is 0 Å². The van der Waals surface area contributed by atoms with Gasteiger partial charge >= 0.3 is 23.9 Å². The Hall–Kier alpha value is -4.88. The number of carboxylic acid groups (broad SMARTS) is 1. The van der Waals surface area contributed by atoms with Gasteiger partial charge in [0.2, 0.25) is 0 Å². The van der Waals surface area contributed by atoms with Crippen molar-refractivity contribution in [3.05, 3.63) is 122 Å². The molecule has 12 heteroatoms. The molecule has 0 saturated carbocycles. The number of hydrogen-bond donors (Lipinski definition) is 3. The standard InChI is InChI=1S/C69H110O12/c1-4-7-10-13-16-19-22-25-28-30-31-33-35-37-40-43-46-49-52-55-61(70)77-58-60(79-62(71)56-53-50-47-44-41-39-36-32-29-26-23-20-17-14-11-8-5-2)59-78-69-67(65(74)64(73)66(81-69)68(75)76)80-63(72)57-54-51-48-45-42-38-34-27-24-21-18-15-12-9-6-3/h7-8,10-11,16-21,25-29,31,33-34,36,39,60,64-67,69,73-74H,4-6,9,12-15,22-24,30,32,35,37-38,40-59H2,1-3H3,(H,75,76)/b10-7-,11-8-,19-16-,20-17-,21-18-,28-25-,29-26-,33-31-,34-27-,39-36-. The molecule has 0 amide bonds. The van der Waals surface area contributed by atoms with E-state index < -0.39 is 67.3 Å². The number of esters is 3. The van der Waals surface area contributed by atoms with Crippen molar-refractivity contribution in [2.45, 2.75) is 276 Å². The average molecular weight is 1130 g/mol. The van der Waals surface area contributed by atoms with E-state index in [0.29, 0.717) is 19.3 Å². The Morgan fingerprint density at radius 2 is 0.778 bits per heavy atom. The second-order valence-corrected chi connectivity index (χ2v) is 20.9. The molecule has 0 spiro atoms. The molecule has 0 bridgehead atoms. The first-order chi connectivity index (χ1) is 39.6. The van der Waals surface area contributed by atoms with Gasteiger partial charge in [-0.1, -0.05) is 213 Å². The number of allylic oxidation sites excluding steroid dienone is 20. The number of carbonyl (C=O) groups is 4.